The molecule has 0 bridgehead atoms. The van der Waals surface area contributed by atoms with Crippen molar-refractivity contribution in [1.29, 1.82) is 0 Å². The molecule has 0 atom stereocenters. The molecule has 2 amide bonds. The zero-order chi connectivity index (χ0) is 19.1. The Morgan fingerprint density at radius 3 is 2.63 bits per heavy atom. The van der Waals surface area contributed by atoms with Crippen molar-refractivity contribution in [3.63, 3.8) is 0 Å². The second-order valence-corrected chi connectivity index (χ2v) is 6.75. The first-order valence-electron chi connectivity index (χ1n) is 9.58. The number of benzene rings is 2. The first-order chi connectivity index (χ1) is 13.2. The van der Waals surface area contributed by atoms with Crippen molar-refractivity contribution >= 4 is 17.5 Å². The van der Waals surface area contributed by atoms with Crippen LogP contribution in [0.15, 0.2) is 48.5 Å². The number of ether oxygens (including phenoxy) is 1. The summed E-state index contributed by atoms with van der Waals surface area (Å²) in [5.41, 5.74) is 2.39. The maximum Gasteiger partial charge on any atom is 0.265 e. The Morgan fingerprint density at radius 2 is 1.85 bits per heavy atom. The van der Waals surface area contributed by atoms with Crippen molar-refractivity contribution in [2.45, 2.75) is 39.2 Å². The van der Waals surface area contributed by atoms with E-state index < -0.39 is 0 Å². The lowest BCUT2D eigenvalue weighted by Gasteiger charge is -2.29. The van der Waals surface area contributed by atoms with Gasteiger partial charge in [0.05, 0.1) is 12.2 Å². The predicted molar refractivity (Wildman–Crippen MR) is 106 cm³/mol. The van der Waals surface area contributed by atoms with Crippen molar-refractivity contribution in [3.05, 3.63) is 59.7 Å². The average molecular weight is 366 g/mol. The minimum absolute atomic E-state index is 0.0501. The minimum Gasteiger partial charge on any atom is -0.482 e. The number of unbranched alkanes of at least 4 members (excludes halogenated alkanes) is 3. The van der Waals surface area contributed by atoms with Crippen molar-refractivity contribution in [1.82, 2.24) is 5.32 Å². The van der Waals surface area contributed by atoms with Crippen LogP contribution in [0.4, 0.5) is 5.69 Å². The minimum atomic E-state index is -0.0670. The van der Waals surface area contributed by atoms with Crippen LogP contribution in [0.5, 0.6) is 5.75 Å². The van der Waals surface area contributed by atoms with Crippen molar-refractivity contribution in [3.8, 4) is 5.75 Å². The van der Waals surface area contributed by atoms with Crippen LogP contribution in [-0.4, -0.2) is 25.0 Å². The summed E-state index contributed by atoms with van der Waals surface area (Å²) in [7, 11) is 0. The fourth-order valence-corrected chi connectivity index (χ4v) is 3.13. The molecule has 2 aromatic rings. The van der Waals surface area contributed by atoms with Gasteiger partial charge in [0.1, 0.15) is 5.75 Å². The van der Waals surface area contributed by atoms with Crippen LogP contribution < -0.4 is 15.0 Å². The molecule has 0 aliphatic carbocycles. The van der Waals surface area contributed by atoms with Gasteiger partial charge in [-0.1, -0.05) is 50.5 Å². The van der Waals surface area contributed by atoms with E-state index >= 15 is 0 Å². The van der Waals surface area contributed by atoms with Gasteiger partial charge in [-0.05, 0) is 36.2 Å². The van der Waals surface area contributed by atoms with Crippen molar-refractivity contribution in [2.24, 2.45) is 0 Å². The number of anilines is 1. The van der Waals surface area contributed by atoms with E-state index in [-0.39, 0.29) is 18.4 Å². The highest BCUT2D eigenvalue weighted by Gasteiger charge is 2.25. The van der Waals surface area contributed by atoms with Crippen LogP contribution in [0.2, 0.25) is 0 Å². The maximum atomic E-state index is 12.3. The Morgan fingerprint density at radius 1 is 1.07 bits per heavy atom. The van der Waals surface area contributed by atoms with E-state index in [1.165, 1.54) is 12.8 Å². The zero-order valence-electron chi connectivity index (χ0n) is 15.7. The maximum absolute atomic E-state index is 12.3. The predicted octanol–water partition coefficient (Wildman–Crippen LogP) is 3.92. The lowest BCUT2D eigenvalue weighted by molar-refractivity contribution is -0.121. The molecule has 5 nitrogen and oxygen atoms in total. The third-order valence-corrected chi connectivity index (χ3v) is 4.68. The molecule has 1 aliphatic heterocycles. The SMILES string of the molecule is CCCCCCNC(=O)c1ccc(CN2C(=O)COc3ccccc32)cc1. The summed E-state index contributed by atoms with van der Waals surface area (Å²) in [6.45, 7) is 3.39. The van der Waals surface area contributed by atoms with Gasteiger partial charge in [0.2, 0.25) is 0 Å². The summed E-state index contributed by atoms with van der Waals surface area (Å²) >= 11 is 0. The average Bonchev–Trinajstić information content (AvgIpc) is 2.70. The number of para-hydroxylation sites is 2. The molecule has 2 aromatic carbocycles. The van der Waals surface area contributed by atoms with Crippen LogP contribution in [0, 0.1) is 0 Å². The molecule has 1 heterocycles. The van der Waals surface area contributed by atoms with Crippen molar-refractivity contribution in [2.75, 3.05) is 18.1 Å². The number of fused-ring (bicyclic) bond motifs is 1. The number of carbonyl (C=O) groups excluding carboxylic acids is 2. The molecule has 5 heteroatoms. The molecule has 0 fully saturated rings. The summed E-state index contributed by atoms with van der Waals surface area (Å²) in [6.07, 6.45) is 4.54. The lowest BCUT2D eigenvalue weighted by atomic mass is 10.1. The monoisotopic (exact) mass is 366 g/mol. The molecule has 0 unspecified atom stereocenters. The Balaban J connectivity index is 1.59. The molecule has 0 saturated carbocycles. The summed E-state index contributed by atoms with van der Waals surface area (Å²) in [5, 5.41) is 2.96. The normalized spacial score (nSPS) is 13.1. The van der Waals surface area contributed by atoms with Gasteiger partial charge in [0.15, 0.2) is 6.61 Å². The third-order valence-electron chi connectivity index (χ3n) is 4.68. The van der Waals surface area contributed by atoms with Gasteiger partial charge in [-0.3, -0.25) is 9.59 Å². The number of hydrogen-bond acceptors (Lipinski definition) is 3. The second kappa shape index (κ2) is 9.21. The molecule has 142 valence electrons. The van der Waals surface area contributed by atoms with Crippen LogP contribution in [0.25, 0.3) is 0 Å². The van der Waals surface area contributed by atoms with E-state index in [4.69, 9.17) is 4.74 Å². The second-order valence-electron chi connectivity index (χ2n) is 6.75. The Kier molecular flexibility index (Phi) is 6.47. The molecule has 0 radical (unpaired) electrons. The van der Waals surface area contributed by atoms with Gasteiger partial charge in [-0.15, -0.1) is 0 Å². The van der Waals surface area contributed by atoms with Gasteiger partial charge >= 0.3 is 0 Å². The van der Waals surface area contributed by atoms with Gasteiger partial charge in [-0.2, -0.15) is 0 Å². The van der Waals surface area contributed by atoms with E-state index in [1.807, 2.05) is 48.5 Å². The topological polar surface area (TPSA) is 58.6 Å². The van der Waals surface area contributed by atoms with Crippen LogP contribution in [-0.2, 0) is 11.3 Å². The molecule has 0 spiro atoms. The van der Waals surface area contributed by atoms with E-state index in [9.17, 15) is 9.59 Å². The van der Waals surface area contributed by atoms with Crippen LogP contribution in [0.3, 0.4) is 0 Å². The molecule has 0 aromatic heterocycles. The first kappa shape index (κ1) is 19.0. The molecule has 0 saturated heterocycles. The molecular weight excluding hydrogens is 340 g/mol. The van der Waals surface area contributed by atoms with Crippen molar-refractivity contribution < 1.29 is 14.3 Å². The van der Waals surface area contributed by atoms with E-state index in [0.29, 0.717) is 18.7 Å². The summed E-state index contributed by atoms with van der Waals surface area (Å²) in [4.78, 5) is 26.2. The first-order valence-corrected chi connectivity index (χ1v) is 9.58. The molecule has 27 heavy (non-hydrogen) atoms. The molecule has 1 aliphatic rings. The number of rotatable bonds is 8. The van der Waals surface area contributed by atoms with Gasteiger partial charge in [-0.25, -0.2) is 0 Å². The van der Waals surface area contributed by atoms with Gasteiger partial charge < -0.3 is 15.0 Å². The van der Waals surface area contributed by atoms with E-state index in [0.717, 1.165) is 29.8 Å². The smallest absolute Gasteiger partial charge is 0.265 e. The Hall–Kier alpha value is -2.82. The zero-order valence-corrected chi connectivity index (χ0v) is 15.7. The summed E-state index contributed by atoms with van der Waals surface area (Å²) in [5.74, 6) is 0.601. The fraction of sp³-hybridized carbons (Fsp3) is 0.364. The Labute approximate surface area is 160 Å². The quantitative estimate of drug-likeness (QED) is 0.721. The third kappa shape index (κ3) is 4.88. The lowest BCUT2D eigenvalue weighted by Crippen LogP contribution is -2.38. The van der Waals surface area contributed by atoms with Crippen LogP contribution >= 0.6 is 0 Å². The fourth-order valence-electron chi connectivity index (χ4n) is 3.13. The van der Waals surface area contributed by atoms with Gasteiger partial charge in [0, 0.05) is 12.1 Å². The molecular formula is C22H26N2O3. The number of hydrogen-bond donors (Lipinski definition) is 1. The van der Waals surface area contributed by atoms with E-state index in [1.54, 1.807) is 4.90 Å². The summed E-state index contributed by atoms with van der Waals surface area (Å²) < 4.78 is 5.47. The highest BCUT2D eigenvalue weighted by Crippen LogP contribution is 2.32. The Bertz CT molecular complexity index is 786. The highest BCUT2D eigenvalue weighted by molar-refractivity contribution is 5.98. The standard InChI is InChI=1S/C22H26N2O3/c1-2-3-4-7-14-23-22(26)18-12-10-17(11-13-18)15-24-19-8-5-6-9-20(19)27-16-21(24)25/h5-6,8-13H,2-4,7,14-16H2,1H3,(H,23,26). The number of nitrogens with one attached hydrogen (secondary N) is 1. The number of carbonyl (C=O) groups is 2. The summed E-state index contributed by atoms with van der Waals surface area (Å²) in [6, 6.07) is 15.0. The van der Waals surface area contributed by atoms with E-state index in [2.05, 4.69) is 12.2 Å². The molecule has 3 rings (SSSR count). The molecule has 1 N–H and O–H groups in total. The number of nitrogens with zero attached hydrogens (tertiary/aromatic N) is 1. The largest absolute Gasteiger partial charge is 0.482 e. The number of amides is 2. The highest BCUT2D eigenvalue weighted by atomic mass is 16.5. The van der Waals surface area contributed by atoms with Gasteiger partial charge in [0.25, 0.3) is 11.8 Å². The van der Waals surface area contributed by atoms with Crippen LogP contribution in [0.1, 0.15) is 48.5 Å².